The number of aliphatic carboxylic acids is 1. The Bertz CT molecular complexity index is 1320. The molecule has 1 rings (SSSR count). The van der Waals surface area contributed by atoms with Gasteiger partial charge in [0.05, 0.1) is 21.3 Å². The van der Waals surface area contributed by atoms with Crippen LogP contribution in [0.5, 0.6) is 23.0 Å². The van der Waals surface area contributed by atoms with Crippen LogP contribution < -0.4 is 14.2 Å². The summed E-state index contributed by atoms with van der Waals surface area (Å²) in [6.45, 7) is 14.5. The van der Waals surface area contributed by atoms with Gasteiger partial charge in [-0.2, -0.15) is 0 Å². The quantitative estimate of drug-likeness (QED) is 0.103. The molecular formula is C40H60O6. The maximum Gasteiger partial charge on any atom is 0.330 e. The number of carbonyl (C=O) groups is 1. The highest BCUT2D eigenvalue weighted by atomic mass is 16.5. The molecule has 6 heteroatoms. The summed E-state index contributed by atoms with van der Waals surface area (Å²) in [5, 5.41) is 19.6. The van der Waals surface area contributed by atoms with Crippen molar-refractivity contribution in [1.82, 2.24) is 0 Å². The van der Waals surface area contributed by atoms with E-state index < -0.39 is 5.97 Å². The summed E-state index contributed by atoms with van der Waals surface area (Å²) in [5.74, 6) is 0.552. The number of benzene rings is 1. The Labute approximate surface area is 279 Å². The van der Waals surface area contributed by atoms with Crippen molar-refractivity contribution in [1.29, 1.82) is 0 Å². The molecule has 2 N–H and O–H groups in total. The first kappa shape index (κ1) is 40.4. The van der Waals surface area contributed by atoms with E-state index in [2.05, 4.69) is 65.0 Å². The Hall–Kier alpha value is -3.67. The molecule has 0 bridgehead atoms. The van der Waals surface area contributed by atoms with Gasteiger partial charge in [0.15, 0.2) is 11.5 Å². The molecule has 256 valence electrons. The number of aromatic hydroxyl groups is 1. The lowest BCUT2D eigenvalue weighted by atomic mass is 9.99. The van der Waals surface area contributed by atoms with Crippen LogP contribution in [0.4, 0.5) is 0 Å². The minimum Gasteiger partial charge on any atom is -0.504 e. The number of phenols is 1. The Morgan fingerprint density at radius 2 is 0.913 bits per heavy atom. The summed E-state index contributed by atoms with van der Waals surface area (Å²) >= 11 is 0. The predicted molar refractivity (Wildman–Crippen MR) is 193 cm³/mol. The van der Waals surface area contributed by atoms with Crippen LogP contribution in [0.2, 0.25) is 0 Å². The average molecular weight is 637 g/mol. The van der Waals surface area contributed by atoms with Crippen molar-refractivity contribution in [3.05, 3.63) is 81.0 Å². The van der Waals surface area contributed by atoms with E-state index in [1.54, 1.807) is 27.2 Å². The summed E-state index contributed by atoms with van der Waals surface area (Å²) in [6, 6.07) is 0. The number of hydrogen-bond acceptors (Lipinski definition) is 5. The number of ether oxygens (including phenoxy) is 3. The Kier molecular flexibility index (Phi) is 19.3. The van der Waals surface area contributed by atoms with Crippen LogP contribution in [0.3, 0.4) is 0 Å². The molecule has 0 spiro atoms. The standard InChI is InChI=1S/C40H60O6/c1-28(16-11-17-29(2)20-13-21-31(4)24-15-25-33(6)40(42)43)18-12-19-30(3)22-14-23-32(5)26-27-35-34(7)36(41)38(45-9)39(46-10)37(35)44-8/h17-18,21-22,25-26,41H,11-16,19-20,23-24,27H2,1-10H3,(H,42,43). The third kappa shape index (κ3) is 14.6. The molecule has 6 nitrogen and oxygen atoms in total. The molecule has 0 aliphatic carbocycles. The lowest BCUT2D eigenvalue weighted by Gasteiger charge is -2.19. The van der Waals surface area contributed by atoms with Crippen LogP contribution in [0.15, 0.2) is 69.9 Å². The number of carboxylic acid groups (broad SMARTS) is 1. The Morgan fingerprint density at radius 3 is 1.26 bits per heavy atom. The van der Waals surface area contributed by atoms with Gasteiger partial charge in [-0.1, -0.05) is 64.3 Å². The first-order valence-corrected chi connectivity index (χ1v) is 16.5. The zero-order valence-corrected chi connectivity index (χ0v) is 30.3. The van der Waals surface area contributed by atoms with Gasteiger partial charge in [0, 0.05) is 16.7 Å². The molecule has 0 amide bonds. The number of hydrogen-bond donors (Lipinski definition) is 2. The molecule has 0 radical (unpaired) electrons. The van der Waals surface area contributed by atoms with Crippen LogP contribution >= 0.6 is 0 Å². The third-order valence-corrected chi connectivity index (χ3v) is 8.43. The fraction of sp³-hybridized carbons (Fsp3) is 0.525. The second-order valence-corrected chi connectivity index (χ2v) is 12.4. The van der Waals surface area contributed by atoms with Crippen LogP contribution in [-0.2, 0) is 11.2 Å². The van der Waals surface area contributed by atoms with Gasteiger partial charge < -0.3 is 24.4 Å². The molecular weight excluding hydrogens is 576 g/mol. The monoisotopic (exact) mass is 636 g/mol. The Balaban J connectivity index is 2.47. The molecule has 0 fully saturated rings. The summed E-state index contributed by atoms with van der Waals surface area (Å²) < 4.78 is 16.5. The van der Waals surface area contributed by atoms with E-state index in [1.165, 1.54) is 35.0 Å². The van der Waals surface area contributed by atoms with Crippen molar-refractivity contribution in [2.75, 3.05) is 21.3 Å². The SMILES string of the molecule is COc1c(O)c(C)c(CC=C(C)CCC=C(C)CCC=C(C)CCC=C(C)CCC=C(C)CCC=C(C)C(=O)O)c(OC)c1OC. The van der Waals surface area contributed by atoms with E-state index in [0.29, 0.717) is 29.2 Å². The number of carboxylic acids is 1. The predicted octanol–water partition coefficient (Wildman–Crippen LogP) is 10.9. The number of allylic oxidation sites excluding steroid dienone is 11. The first-order valence-electron chi connectivity index (χ1n) is 16.5. The van der Waals surface area contributed by atoms with Crippen molar-refractivity contribution in [3.8, 4) is 23.0 Å². The van der Waals surface area contributed by atoms with Crippen LogP contribution in [0, 0.1) is 6.92 Å². The largest absolute Gasteiger partial charge is 0.504 e. The van der Waals surface area contributed by atoms with Gasteiger partial charge in [0.2, 0.25) is 11.5 Å². The molecule has 0 saturated heterocycles. The highest BCUT2D eigenvalue weighted by Crippen LogP contribution is 2.49. The van der Waals surface area contributed by atoms with Gasteiger partial charge in [-0.25, -0.2) is 4.79 Å². The maximum absolute atomic E-state index is 10.9. The lowest BCUT2D eigenvalue weighted by Crippen LogP contribution is -2.02. The average Bonchev–Trinajstić information content (AvgIpc) is 3.01. The summed E-state index contributed by atoms with van der Waals surface area (Å²) in [7, 11) is 4.66. The molecule has 1 aromatic carbocycles. The summed E-state index contributed by atoms with van der Waals surface area (Å²) in [5.41, 5.74) is 8.97. The maximum atomic E-state index is 10.9. The van der Waals surface area contributed by atoms with Crippen molar-refractivity contribution in [2.45, 2.75) is 119 Å². The van der Waals surface area contributed by atoms with E-state index >= 15 is 0 Å². The number of phenolic OH excluding ortho intramolecular Hbond substituents is 1. The van der Waals surface area contributed by atoms with E-state index in [-0.39, 0.29) is 5.75 Å². The summed E-state index contributed by atoms with van der Waals surface area (Å²) in [4.78, 5) is 10.9. The van der Waals surface area contributed by atoms with Gasteiger partial charge >= 0.3 is 5.97 Å². The normalized spacial score (nSPS) is 13.7. The fourth-order valence-corrected chi connectivity index (χ4v) is 5.24. The topological polar surface area (TPSA) is 85.2 Å². The highest BCUT2D eigenvalue weighted by molar-refractivity contribution is 5.85. The van der Waals surface area contributed by atoms with E-state index in [9.17, 15) is 9.90 Å². The van der Waals surface area contributed by atoms with E-state index in [1.807, 2.05) is 6.92 Å². The van der Waals surface area contributed by atoms with Gasteiger partial charge in [-0.3, -0.25) is 0 Å². The molecule has 0 aromatic heterocycles. The molecule has 0 heterocycles. The molecule has 0 aliphatic heterocycles. The first-order chi connectivity index (χ1) is 21.9. The molecule has 0 unspecified atom stereocenters. The lowest BCUT2D eigenvalue weighted by molar-refractivity contribution is -0.132. The van der Waals surface area contributed by atoms with Gasteiger partial charge in [0.25, 0.3) is 0 Å². The van der Waals surface area contributed by atoms with Gasteiger partial charge in [0.1, 0.15) is 0 Å². The fourth-order valence-electron chi connectivity index (χ4n) is 5.24. The second kappa shape index (κ2) is 22.0. The molecule has 0 saturated carbocycles. The Morgan fingerprint density at radius 1 is 0.565 bits per heavy atom. The zero-order chi connectivity index (χ0) is 34.6. The number of rotatable bonds is 21. The second-order valence-electron chi connectivity index (χ2n) is 12.4. The minimum absolute atomic E-state index is 0.0858. The zero-order valence-electron chi connectivity index (χ0n) is 30.3. The van der Waals surface area contributed by atoms with E-state index in [4.69, 9.17) is 19.3 Å². The van der Waals surface area contributed by atoms with Crippen molar-refractivity contribution in [2.24, 2.45) is 0 Å². The van der Waals surface area contributed by atoms with Gasteiger partial charge in [-0.05, 0) is 119 Å². The smallest absolute Gasteiger partial charge is 0.330 e. The molecule has 0 aliphatic rings. The van der Waals surface area contributed by atoms with Gasteiger partial charge in [-0.15, -0.1) is 0 Å². The summed E-state index contributed by atoms with van der Waals surface area (Å²) in [6.07, 6.45) is 24.1. The highest BCUT2D eigenvalue weighted by Gasteiger charge is 2.23. The van der Waals surface area contributed by atoms with E-state index in [0.717, 1.165) is 75.3 Å². The molecule has 1 aromatic rings. The van der Waals surface area contributed by atoms with Crippen LogP contribution in [0.25, 0.3) is 0 Å². The van der Waals surface area contributed by atoms with Crippen molar-refractivity contribution >= 4 is 5.97 Å². The minimum atomic E-state index is -0.837. The molecule has 0 atom stereocenters. The van der Waals surface area contributed by atoms with Crippen LogP contribution in [0.1, 0.15) is 117 Å². The third-order valence-electron chi connectivity index (χ3n) is 8.43. The number of methoxy groups -OCH3 is 3. The molecule has 46 heavy (non-hydrogen) atoms. The van der Waals surface area contributed by atoms with Crippen LogP contribution in [-0.4, -0.2) is 37.5 Å². The van der Waals surface area contributed by atoms with Crippen molar-refractivity contribution in [3.63, 3.8) is 0 Å². The van der Waals surface area contributed by atoms with Crippen molar-refractivity contribution < 1.29 is 29.2 Å².